The Labute approximate surface area is 74.9 Å². The summed E-state index contributed by atoms with van der Waals surface area (Å²) in [6, 6.07) is 0. The number of hydrogen-bond acceptors (Lipinski definition) is 2. The fraction of sp³-hybridized carbons (Fsp3) is 1.00. The summed E-state index contributed by atoms with van der Waals surface area (Å²) in [6.45, 7) is 7.10. The Hall–Kier alpha value is -0.0800. The van der Waals surface area contributed by atoms with Crippen molar-refractivity contribution >= 4 is 0 Å². The van der Waals surface area contributed by atoms with E-state index in [9.17, 15) is 0 Å². The number of likely N-dealkylation sites (tertiary alicyclic amines) is 1. The van der Waals surface area contributed by atoms with Crippen molar-refractivity contribution in [3.63, 3.8) is 0 Å². The lowest BCUT2D eigenvalue weighted by Crippen LogP contribution is -2.41. The second-order valence-electron chi connectivity index (χ2n) is 4.05. The molecule has 2 fully saturated rings. The normalized spacial score (nSPS) is 36.8. The maximum atomic E-state index is 5.66. The van der Waals surface area contributed by atoms with Crippen LogP contribution in [0.3, 0.4) is 0 Å². The third kappa shape index (κ3) is 1.64. The monoisotopic (exact) mass is 169 g/mol. The first-order chi connectivity index (χ1) is 5.90. The molecule has 0 spiro atoms. The molecule has 2 saturated heterocycles. The zero-order valence-corrected chi connectivity index (χ0v) is 7.96. The molecule has 0 radical (unpaired) electrons. The third-order valence-corrected chi connectivity index (χ3v) is 3.11. The van der Waals surface area contributed by atoms with Gasteiger partial charge in [-0.15, -0.1) is 0 Å². The Morgan fingerprint density at radius 2 is 2.33 bits per heavy atom. The van der Waals surface area contributed by atoms with Gasteiger partial charge in [-0.2, -0.15) is 0 Å². The molecule has 2 unspecified atom stereocenters. The van der Waals surface area contributed by atoms with Gasteiger partial charge in [0.1, 0.15) is 0 Å². The Morgan fingerprint density at radius 1 is 1.42 bits per heavy atom. The maximum Gasteiger partial charge on any atom is 0.0628 e. The molecule has 70 valence electrons. The standard InChI is InChI=1S/C10H19NO/c1-2-5-11-6-3-10-9(8-11)4-7-12-10/h9-10H,2-8H2,1H3. The lowest BCUT2D eigenvalue weighted by molar-refractivity contribution is 0.0353. The molecule has 2 heteroatoms. The van der Waals surface area contributed by atoms with Crippen molar-refractivity contribution in [3.8, 4) is 0 Å². The summed E-state index contributed by atoms with van der Waals surface area (Å²) in [5.74, 6) is 0.852. The van der Waals surface area contributed by atoms with Crippen LogP contribution in [0.1, 0.15) is 26.2 Å². The van der Waals surface area contributed by atoms with Crippen molar-refractivity contribution in [1.82, 2.24) is 4.90 Å². The van der Waals surface area contributed by atoms with Gasteiger partial charge >= 0.3 is 0 Å². The summed E-state index contributed by atoms with van der Waals surface area (Å²) in [7, 11) is 0. The van der Waals surface area contributed by atoms with Gasteiger partial charge in [0.25, 0.3) is 0 Å². The molecule has 0 amide bonds. The SMILES string of the molecule is CCCN1CCC2OCCC2C1. The molecule has 0 aromatic carbocycles. The highest BCUT2D eigenvalue weighted by Crippen LogP contribution is 2.28. The first-order valence-corrected chi connectivity index (χ1v) is 5.24. The molecule has 2 atom stereocenters. The quantitative estimate of drug-likeness (QED) is 0.621. The van der Waals surface area contributed by atoms with Gasteiger partial charge in [-0.25, -0.2) is 0 Å². The highest BCUT2D eigenvalue weighted by atomic mass is 16.5. The fourth-order valence-electron chi connectivity index (χ4n) is 2.47. The molecule has 0 saturated carbocycles. The highest BCUT2D eigenvalue weighted by molar-refractivity contribution is 4.84. The van der Waals surface area contributed by atoms with E-state index in [0.717, 1.165) is 12.5 Å². The molecule has 2 nitrogen and oxygen atoms in total. The van der Waals surface area contributed by atoms with Crippen LogP contribution in [-0.4, -0.2) is 37.2 Å². The third-order valence-electron chi connectivity index (χ3n) is 3.11. The van der Waals surface area contributed by atoms with E-state index >= 15 is 0 Å². The van der Waals surface area contributed by atoms with Gasteiger partial charge in [-0.05, 0) is 25.8 Å². The van der Waals surface area contributed by atoms with Crippen LogP contribution in [0, 0.1) is 5.92 Å². The van der Waals surface area contributed by atoms with E-state index in [1.807, 2.05) is 0 Å². The average molecular weight is 169 g/mol. The van der Waals surface area contributed by atoms with Crippen LogP contribution >= 0.6 is 0 Å². The van der Waals surface area contributed by atoms with Crippen LogP contribution in [0.4, 0.5) is 0 Å². The van der Waals surface area contributed by atoms with Crippen LogP contribution in [0.15, 0.2) is 0 Å². The van der Waals surface area contributed by atoms with E-state index in [-0.39, 0.29) is 0 Å². The lowest BCUT2D eigenvalue weighted by Gasteiger charge is -2.33. The number of ether oxygens (including phenoxy) is 1. The van der Waals surface area contributed by atoms with Crippen molar-refractivity contribution in [2.75, 3.05) is 26.2 Å². The first-order valence-electron chi connectivity index (χ1n) is 5.24. The molecule has 2 rings (SSSR count). The van der Waals surface area contributed by atoms with Gasteiger partial charge in [0.2, 0.25) is 0 Å². The molecular weight excluding hydrogens is 150 g/mol. The van der Waals surface area contributed by atoms with E-state index in [1.54, 1.807) is 0 Å². The Balaban J connectivity index is 1.84. The number of rotatable bonds is 2. The minimum absolute atomic E-state index is 0.609. The first kappa shape index (κ1) is 8.52. The summed E-state index contributed by atoms with van der Waals surface area (Å²) in [6.07, 6.45) is 4.46. The van der Waals surface area contributed by atoms with E-state index < -0.39 is 0 Å². The van der Waals surface area contributed by atoms with E-state index in [0.29, 0.717) is 6.10 Å². The topological polar surface area (TPSA) is 12.5 Å². The molecule has 0 N–H and O–H groups in total. The van der Waals surface area contributed by atoms with Gasteiger partial charge in [0.05, 0.1) is 6.10 Å². The van der Waals surface area contributed by atoms with Crippen molar-refractivity contribution in [3.05, 3.63) is 0 Å². The molecule has 0 aromatic heterocycles. The Kier molecular flexibility index (Phi) is 2.66. The molecule has 12 heavy (non-hydrogen) atoms. The van der Waals surface area contributed by atoms with Crippen molar-refractivity contribution in [2.24, 2.45) is 5.92 Å². The predicted octanol–water partition coefficient (Wildman–Crippen LogP) is 1.51. The summed E-state index contributed by atoms with van der Waals surface area (Å²) in [4.78, 5) is 2.59. The van der Waals surface area contributed by atoms with E-state index in [1.165, 1.54) is 38.9 Å². The molecule has 2 aliphatic heterocycles. The molecule has 0 aromatic rings. The average Bonchev–Trinajstić information content (AvgIpc) is 2.51. The van der Waals surface area contributed by atoms with Crippen LogP contribution in [0.5, 0.6) is 0 Å². The van der Waals surface area contributed by atoms with Crippen molar-refractivity contribution in [1.29, 1.82) is 0 Å². The minimum Gasteiger partial charge on any atom is -0.378 e. The Bertz CT molecular complexity index is 149. The molecular formula is C10H19NO. The molecule has 0 aliphatic carbocycles. The maximum absolute atomic E-state index is 5.66. The van der Waals surface area contributed by atoms with Gasteiger partial charge in [0.15, 0.2) is 0 Å². The Morgan fingerprint density at radius 3 is 3.17 bits per heavy atom. The molecule has 2 heterocycles. The van der Waals surface area contributed by atoms with Crippen molar-refractivity contribution in [2.45, 2.75) is 32.3 Å². The molecule has 0 bridgehead atoms. The molecule has 2 aliphatic rings. The van der Waals surface area contributed by atoms with Crippen LogP contribution < -0.4 is 0 Å². The van der Waals surface area contributed by atoms with E-state index in [4.69, 9.17) is 4.74 Å². The van der Waals surface area contributed by atoms with E-state index in [2.05, 4.69) is 11.8 Å². The fourth-order valence-corrected chi connectivity index (χ4v) is 2.47. The second kappa shape index (κ2) is 3.75. The zero-order chi connectivity index (χ0) is 8.39. The lowest BCUT2D eigenvalue weighted by atomic mass is 9.94. The van der Waals surface area contributed by atoms with Gasteiger partial charge < -0.3 is 9.64 Å². The minimum atomic E-state index is 0.609. The largest absolute Gasteiger partial charge is 0.378 e. The van der Waals surface area contributed by atoms with Gasteiger partial charge in [-0.3, -0.25) is 0 Å². The predicted molar refractivity (Wildman–Crippen MR) is 49.2 cm³/mol. The van der Waals surface area contributed by atoms with Crippen LogP contribution in [-0.2, 0) is 4.74 Å². The zero-order valence-electron chi connectivity index (χ0n) is 7.96. The smallest absolute Gasteiger partial charge is 0.0628 e. The summed E-state index contributed by atoms with van der Waals surface area (Å²) in [5, 5.41) is 0. The number of fused-ring (bicyclic) bond motifs is 1. The number of piperidine rings is 1. The number of nitrogens with zero attached hydrogens (tertiary/aromatic N) is 1. The van der Waals surface area contributed by atoms with Crippen LogP contribution in [0.2, 0.25) is 0 Å². The van der Waals surface area contributed by atoms with Gasteiger partial charge in [0, 0.05) is 25.6 Å². The summed E-state index contributed by atoms with van der Waals surface area (Å²) >= 11 is 0. The summed E-state index contributed by atoms with van der Waals surface area (Å²) in [5.41, 5.74) is 0. The number of hydrogen-bond donors (Lipinski definition) is 0. The highest BCUT2D eigenvalue weighted by Gasteiger charge is 2.33. The van der Waals surface area contributed by atoms with Crippen molar-refractivity contribution < 1.29 is 4.74 Å². The van der Waals surface area contributed by atoms with Gasteiger partial charge in [-0.1, -0.05) is 6.92 Å². The summed E-state index contributed by atoms with van der Waals surface area (Å²) < 4.78 is 5.66. The second-order valence-corrected chi connectivity index (χ2v) is 4.05. The van der Waals surface area contributed by atoms with Crippen LogP contribution in [0.25, 0.3) is 0 Å².